The minimum absolute atomic E-state index is 0.408. The van der Waals surface area contributed by atoms with Gasteiger partial charge in [-0.3, -0.25) is 0 Å². The topological polar surface area (TPSA) is 50.1 Å². The van der Waals surface area contributed by atoms with Gasteiger partial charge < -0.3 is 15.0 Å². The number of imidazole rings is 1. The lowest BCUT2D eigenvalue weighted by Crippen LogP contribution is -2.42. The van der Waals surface area contributed by atoms with Crippen LogP contribution in [0.3, 0.4) is 0 Å². The molecule has 2 N–H and O–H groups in total. The average molecular weight is 233 g/mol. The molecule has 0 bridgehead atoms. The fraction of sp³-hybridized carbons (Fsp3) is 0.462. The molecule has 0 aliphatic rings. The van der Waals surface area contributed by atoms with E-state index in [0.717, 1.165) is 17.0 Å². The van der Waals surface area contributed by atoms with Gasteiger partial charge in [-0.1, -0.05) is 12.1 Å². The van der Waals surface area contributed by atoms with Gasteiger partial charge in [0.05, 0.1) is 22.7 Å². The number of benzene rings is 1. The highest BCUT2D eigenvalue weighted by Gasteiger charge is 2.25. The molecule has 0 aliphatic heterocycles. The van der Waals surface area contributed by atoms with Gasteiger partial charge in [0.25, 0.3) is 0 Å². The van der Waals surface area contributed by atoms with Gasteiger partial charge in [-0.15, -0.1) is 0 Å². The first-order valence-corrected chi connectivity index (χ1v) is 5.79. The molecule has 1 aromatic heterocycles. The van der Waals surface area contributed by atoms with Gasteiger partial charge in [0.2, 0.25) is 5.95 Å². The standard InChI is InChI=1S/C13H19N3O/c1-9(17)13(2,3)15-12-14-10-7-5-6-8-11(10)16(12)4/h5-9,17H,1-4H3,(H,14,15). The summed E-state index contributed by atoms with van der Waals surface area (Å²) in [6, 6.07) is 7.98. The molecular formula is C13H19N3O. The zero-order valence-corrected chi connectivity index (χ0v) is 10.7. The van der Waals surface area contributed by atoms with Crippen LogP contribution in [0.5, 0.6) is 0 Å². The summed E-state index contributed by atoms with van der Waals surface area (Å²) in [6.45, 7) is 5.68. The van der Waals surface area contributed by atoms with E-state index in [2.05, 4.69) is 10.3 Å². The van der Waals surface area contributed by atoms with Crippen LogP contribution in [0.4, 0.5) is 5.95 Å². The van der Waals surface area contributed by atoms with Crippen molar-refractivity contribution in [3.8, 4) is 0 Å². The summed E-state index contributed by atoms with van der Waals surface area (Å²) in [4.78, 5) is 4.52. The van der Waals surface area contributed by atoms with Crippen LogP contribution >= 0.6 is 0 Å². The highest BCUT2D eigenvalue weighted by molar-refractivity contribution is 5.78. The number of nitrogens with zero attached hydrogens (tertiary/aromatic N) is 2. The smallest absolute Gasteiger partial charge is 0.204 e. The van der Waals surface area contributed by atoms with Crippen molar-refractivity contribution in [2.24, 2.45) is 7.05 Å². The highest BCUT2D eigenvalue weighted by Crippen LogP contribution is 2.22. The number of para-hydroxylation sites is 2. The Morgan fingerprint density at radius 1 is 1.35 bits per heavy atom. The fourth-order valence-electron chi connectivity index (χ4n) is 1.65. The zero-order chi connectivity index (χ0) is 12.6. The molecule has 17 heavy (non-hydrogen) atoms. The normalized spacial score (nSPS) is 13.9. The minimum Gasteiger partial charge on any atom is -0.391 e. The Hall–Kier alpha value is -1.55. The van der Waals surface area contributed by atoms with Crippen molar-refractivity contribution in [2.45, 2.75) is 32.4 Å². The maximum Gasteiger partial charge on any atom is 0.204 e. The molecule has 0 saturated heterocycles. The number of aliphatic hydroxyl groups is 1. The summed E-state index contributed by atoms with van der Waals surface area (Å²) in [5.41, 5.74) is 1.63. The molecule has 92 valence electrons. The summed E-state index contributed by atoms with van der Waals surface area (Å²) in [5, 5.41) is 13.0. The Bertz CT molecular complexity index is 528. The van der Waals surface area contributed by atoms with E-state index in [0.29, 0.717) is 0 Å². The second-order valence-corrected chi connectivity index (χ2v) is 5.01. The maximum absolute atomic E-state index is 9.71. The van der Waals surface area contributed by atoms with Crippen molar-refractivity contribution in [2.75, 3.05) is 5.32 Å². The van der Waals surface area contributed by atoms with Gasteiger partial charge >= 0.3 is 0 Å². The van der Waals surface area contributed by atoms with Crippen LogP contribution in [0.15, 0.2) is 24.3 Å². The number of nitrogens with one attached hydrogen (secondary N) is 1. The van der Waals surface area contributed by atoms with Crippen molar-refractivity contribution >= 4 is 17.0 Å². The number of aryl methyl sites for hydroxylation is 1. The Morgan fingerprint density at radius 2 is 2.00 bits per heavy atom. The van der Waals surface area contributed by atoms with Crippen LogP contribution in [-0.4, -0.2) is 26.3 Å². The van der Waals surface area contributed by atoms with Crippen LogP contribution in [0.1, 0.15) is 20.8 Å². The van der Waals surface area contributed by atoms with Crippen molar-refractivity contribution in [1.29, 1.82) is 0 Å². The number of aromatic nitrogens is 2. The van der Waals surface area contributed by atoms with Crippen molar-refractivity contribution < 1.29 is 5.11 Å². The summed E-state index contributed by atoms with van der Waals surface area (Å²) < 4.78 is 2.00. The largest absolute Gasteiger partial charge is 0.391 e. The second-order valence-electron chi connectivity index (χ2n) is 5.01. The van der Waals surface area contributed by atoms with Gasteiger partial charge in [0.15, 0.2) is 0 Å². The molecular weight excluding hydrogens is 214 g/mol. The second kappa shape index (κ2) is 4.04. The third-order valence-electron chi connectivity index (χ3n) is 3.27. The molecule has 2 aromatic rings. The zero-order valence-electron chi connectivity index (χ0n) is 10.7. The fourth-order valence-corrected chi connectivity index (χ4v) is 1.65. The summed E-state index contributed by atoms with van der Waals surface area (Å²) in [5.74, 6) is 0.775. The third-order valence-corrected chi connectivity index (χ3v) is 3.27. The third kappa shape index (κ3) is 2.13. The van der Waals surface area contributed by atoms with Crippen molar-refractivity contribution in [3.63, 3.8) is 0 Å². The van der Waals surface area contributed by atoms with Crippen molar-refractivity contribution in [3.05, 3.63) is 24.3 Å². The molecule has 1 unspecified atom stereocenters. The molecule has 0 saturated carbocycles. The van der Waals surface area contributed by atoms with E-state index >= 15 is 0 Å². The number of rotatable bonds is 3. The lowest BCUT2D eigenvalue weighted by atomic mass is 9.99. The Balaban J connectivity index is 2.40. The first-order valence-electron chi connectivity index (χ1n) is 5.79. The quantitative estimate of drug-likeness (QED) is 0.854. The highest BCUT2D eigenvalue weighted by atomic mass is 16.3. The molecule has 1 atom stereocenters. The number of fused-ring (bicyclic) bond motifs is 1. The van der Waals surface area contributed by atoms with E-state index in [9.17, 15) is 5.11 Å². The first kappa shape index (κ1) is 11.9. The molecule has 0 amide bonds. The molecule has 0 spiro atoms. The number of anilines is 1. The van der Waals surface area contributed by atoms with Crippen LogP contribution in [0.25, 0.3) is 11.0 Å². The van der Waals surface area contributed by atoms with Gasteiger partial charge in [-0.05, 0) is 32.9 Å². The Kier molecular flexibility index (Phi) is 2.83. The lowest BCUT2D eigenvalue weighted by molar-refractivity contribution is 0.132. The maximum atomic E-state index is 9.71. The lowest BCUT2D eigenvalue weighted by Gasteiger charge is -2.29. The van der Waals surface area contributed by atoms with Crippen LogP contribution < -0.4 is 5.32 Å². The predicted octanol–water partition coefficient (Wildman–Crippen LogP) is 2.14. The molecule has 4 nitrogen and oxygen atoms in total. The van der Waals surface area contributed by atoms with E-state index < -0.39 is 11.6 Å². The molecule has 4 heteroatoms. The summed E-state index contributed by atoms with van der Waals surface area (Å²) in [6.07, 6.45) is -0.456. The number of hydrogen-bond donors (Lipinski definition) is 2. The molecule has 0 fully saturated rings. The molecule has 2 rings (SSSR count). The Labute approximate surface area is 101 Å². The van der Waals surface area contributed by atoms with E-state index in [-0.39, 0.29) is 0 Å². The monoisotopic (exact) mass is 233 g/mol. The number of aliphatic hydroxyl groups excluding tert-OH is 1. The predicted molar refractivity (Wildman–Crippen MR) is 70.1 cm³/mol. The van der Waals surface area contributed by atoms with Crippen LogP contribution in [0, 0.1) is 0 Å². The molecule has 1 aromatic carbocycles. The molecule has 0 aliphatic carbocycles. The van der Waals surface area contributed by atoms with E-state index in [4.69, 9.17) is 0 Å². The first-order chi connectivity index (χ1) is 7.92. The number of hydrogen-bond acceptors (Lipinski definition) is 3. The SMILES string of the molecule is CC(O)C(C)(C)Nc1nc2ccccc2n1C. The van der Waals surface area contributed by atoms with Crippen molar-refractivity contribution in [1.82, 2.24) is 9.55 Å². The summed E-state index contributed by atoms with van der Waals surface area (Å²) >= 11 is 0. The molecule has 1 heterocycles. The van der Waals surface area contributed by atoms with E-state index in [1.807, 2.05) is 49.7 Å². The minimum atomic E-state index is -0.456. The van der Waals surface area contributed by atoms with E-state index in [1.54, 1.807) is 6.92 Å². The van der Waals surface area contributed by atoms with Gasteiger partial charge in [0, 0.05) is 7.05 Å². The van der Waals surface area contributed by atoms with Gasteiger partial charge in [-0.25, -0.2) is 4.98 Å². The van der Waals surface area contributed by atoms with Crippen LogP contribution in [0.2, 0.25) is 0 Å². The Morgan fingerprint density at radius 3 is 2.59 bits per heavy atom. The van der Waals surface area contributed by atoms with Crippen LogP contribution in [-0.2, 0) is 7.05 Å². The summed E-state index contributed by atoms with van der Waals surface area (Å²) in [7, 11) is 1.97. The van der Waals surface area contributed by atoms with Gasteiger partial charge in [-0.2, -0.15) is 0 Å². The average Bonchev–Trinajstić information content (AvgIpc) is 2.56. The molecule has 0 radical (unpaired) electrons. The van der Waals surface area contributed by atoms with Gasteiger partial charge in [0.1, 0.15) is 0 Å². The van der Waals surface area contributed by atoms with E-state index in [1.165, 1.54) is 0 Å².